The highest BCUT2D eigenvalue weighted by molar-refractivity contribution is 5.74. The number of likely N-dealkylation sites (tertiary alicyclic amines) is 2. The fourth-order valence-corrected chi connectivity index (χ4v) is 3.00. The summed E-state index contributed by atoms with van der Waals surface area (Å²) in [5.74, 6) is -2.35. The number of alkyl halides is 3. The van der Waals surface area contributed by atoms with Gasteiger partial charge in [-0.25, -0.2) is 9.59 Å². The Balaban J connectivity index is 1.74. The number of aliphatic carboxylic acids is 1. The molecule has 2 aliphatic heterocycles. The summed E-state index contributed by atoms with van der Waals surface area (Å²) in [7, 11) is 0. The standard InChI is InChI=1S/C14H21F3N2O4/c15-14(16,17)10-1-5-18(6-2-10)13(22)19-7-3-11(4-8-19)23-9-12(20)21/h10-11H,1-9H2,(H,20,21). The first-order valence-electron chi connectivity index (χ1n) is 7.71. The smallest absolute Gasteiger partial charge is 0.391 e. The molecule has 9 heteroatoms. The highest BCUT2D eigenvalue weighted by Gasteiger charge is 2.42. The third-order valence-electron chi connectivity index (χ3n) is 4.38. The lowest BCUT2D eigenvalue weighted by Crippen LogP contribution is -2.51. The van der Waals surface area contributed by atoms with Crippen LogP contribution in [0, 0.1) is 5.92 Å². The van der Waals surface area contributed by atoms with Gasteiger partial charge in [-0.15, -0.1) is 0 Å². The van der Waals surface area contributed by atoms with Crippen LogP contribution in [0.4, 0.5) is 18.0 Å². The van der Waals surface area contributed by atoms with Gasteiger partial charge >= 0.3 is 18.2 Å². The van der Waals surface area contributed by atoms with Crippen LogP contribution in [0.2, 0.25) is 0 Å². The number of carboxylic acid groups (broad SMARTS) is 1. The van der Waals surface area contributed by atoms with Crippen molar-refractivity contribution < 1.29 is 32.6 Å². The van der Waals surface area contributed by atoms with E-state index >= 15 is 0 Å². The van der Waals surface area contributed by atoms with Crippen molar-refractivity contribution in [1.29, 1.82) is 0 Å². The van der Waals surface area contributed by atoms with Crippen molar-refractivity contribution in [3.63, 3.8) is 0 Å². The summed E-state index contributed by atoms with van der Waals surface area (Å²) in [6.45, 7) is 0.755. The molecule has 2 heterocycles. The zero-order valence-electron chi connectivity index (χ0n) is 12.7. The van der Waals surface area contributed by atoms with Crippen LogP contribution < -0.4 is 0 Å². The number of carboxylic acids is 1. The number of urea groups is 1. The highest BCUT2D eigenvalue weighted by Crippen LogP contribution is 2.34. The number of carbonyl (C=O) groups excluding carboxylic acids is 1. The zero-order valence-corrected chi connectivity index (χ0v) is 12.7. The third kappa shape index (κ3) is 4.98. The van der Waals surface area contributed by atoms with E-state index in [2.05, 4.69) is 0 Å². The van der Waals surface area contributed by atoms with Crippen molar-refractivity contribution in [2.75, 3.05) is 32.8 Å². The number of rotatable bonds is 3. The van der Waals surface area contributed by atoms with Gasteiger partial charge in [-0.1, -0.05) is 0 Å². The molecule has 0 aromatic rings. The summed E-state index contributed by atoms with van der Waals surface area (Å²) >= 11 is 0. The van der Waals surface area contributed by atoms with E-state index in [0.717, 1.165) is 0 Å². The van der Waals surface area contributed by atoms with Crippen LogP contribution in [0.1, 0.15) is 25.7 Å². The van der Waals surface area contributed by atoms with Crippen LogP contribution in [-0.2, 0) is 9.53 Å². The quantitative estimate of drug-likeness (QED) is 0.854. The molecule has 0 atom stereocenters. The molecule has 6 nitrogen and oxygen atoms in total. The van der Waals surface area contributed by atoms with E-state index < -0.39 is 18.1 Å². The van der Waals surface area contributed by atoms with E-state index in [1.807, 2.05) is 0 Å². The van der Waals surface area contributed by atoms with Gasteiger partial charge in [-0.2, -0.15) is 13.2 Å². The molecule has 0 radical (unpaired) electrons. The van der Waals surface area contributed by atoms with E-state index in [0.29, 0.717) is 25.9 Å². The van der Waals surface area contributed by atoms with Crippen LogP contribution in [0.15, 0.2) is 0 Å². The molecule has 1 N–H and O–H groups in total. The van der Waals surface area contributed by atoms with Gasteiger partial charge in [0.15, 0.2) is 0 Å². The van der Waals surface area contributed by atoms with E-state index in [1.165, 1.54) is 4.90 Å². The van der Waals surface area contributed by atoms with Gasteiger partial charge in [0.25, 0.3) is 0 Å². The van der Waals surface area contributed by atoms with Crippen molar-refractivity contribution in [2.24, 2.45) is 5.92 Å². The molecule has 132 valence electrons. The Kier molecular flexibility index (Phi) is 5.72. The molecule has 2 rings (SSSR count). The van der Waals surface area contributed by atoms with Gasteiger partial charge in [0.1, 0.15) is 6.61 Å². The Morgan fingerprint density at radius 3 is 1.91 bits per heavy atom. The van der Waals surface area contributed by atoms with E-state index in [9.17, 15) is 22.8 Å². The maximum atomic E-state index is 12.6. The second-order valence-corrected chi connectivity index (χ2v) is 5.98. The van der Waals surface area contributed by atoms with E-state index in [-0.39, 0.29) is 44.7 Å². The number of amides is 2. The minimum Gasteiger partial charge on any atom is -0.480 e. The Morgan fingerprint density at radius 1 is 1.00 bits per heavy atom. The van der Waals surface area contributed by atoms with Crippen LogP contribution in [0.5, 0.6) is 0 Å². The fraction of sp³-hybridized carbons (Fsp3) is 0.857. The van der Waals surface area contributed by atoms with Gasteiger partial charge in [-0.05, 0) is 25.7 Å². The largest absolute Gasteiger partial charge is 0.480 e. The molecule has 0 aliphatic carbocycles. The van der Waals surface area contributed by atoms with Gasteiger partial charge < -0.3 is 19.6 Å². The minimum atomic E-state index is -4.19. The average molecular weight is 338 g/mol. The molecule has 2 fully saturated rings. The van der Waals surface area contributed by atoms with Gasteiger partial charge in [-0.3, -0.25) is 0 Å². The van der Waals surface area contributed by atoms with Crippen LogP contribution in [0.3, 0.4) is 0 Å². The lowest BCUT2D eigenvalue weighted by molar-refractivity contribution is -0.183. The van der Waals surface area contributed by atoms with Crippen molar-refractivity contribution in [3.8, 4) is 0 Å². The molecule has 23 heavy (non-hydrogen) atoms. The van der Waals surface area contributed by atoms with Crippen molar-refractivity contribution in [2.45, 2.75) is 38.0 Å². The van der Waals surface area contributed by atoms with Crippen molar-refractivity contribution in [1.82, 2.24) is 9.80 Å². The number of carbonyl (C=O) groups is 2. The predicted octanol–water partition coefficient (Wildman–Crippen LogP) is 1.95. The third-order valence-corrected chi connectivity index (χ3v) is 4.38. The predicted molar refractivity (Wildman–Crippen MR) is 73.9 cm³/mol. The Labute approximate surface area is 132 Å². The lowest BCUT2D eigenvalue weighted by Gasteiger charge is -2.38. The number of ether oxygens (including phenoxy) is 1. The van der Waals surface area contributed by atoms with E-state index in [4.69, 9.17) is 9.84 Å². The van der Waals surface area contributed by atoms with Crippen LogP contribution in [0.25, 0.3) is 0 Å². The van der Waals surface area contributed by atoms with Crippen molar-refractivity contribution >= 4 is 12.0 Å². The summed E-state index contributed by atoms with van der Waals surface area (Å²) in [5.41, 5.74) is 0. The maximum absolute atomic E-state index is 12.6. The molecule has 0 unspecified atom stereocenters. The SMILES string of the molecule is O=C(O)COC1CCN(C(=O)N2CCC(C(F)(F)F)CC2)CC1. The molecule has 0 bridgehead atoms. The summed E-state index contributed by atoms with van der Waals surface area (Å²) in [6, 6.07) is -0.234. The van der Waals surface area contributed by atoms with E-state index in [1.54, 1.807) is 4.90 Å². The molecule has 0 aromatic heterocycles. The molecule has 2 saturated heterocycles. The topological polar surface area (TPSA) is 70.1 Å². The monoisotopic (exact) mass is 338 g/mol. The summed E-state index contributed by atoms with van der Waals surface area (Å²) < 4.78 is 43.1. The Morgan fingerprint density at radius 2 is 1.48 bits per heavy atom. The first-order valence-corrected chi connectivity index (χ1v) is 7.71. The fourth-order valence-electron chi connectivity index (χ4n) is 3.00. The first-order chi connectivity index (χ1) is 10.8. The number of halogens is 3. The van der Waals surface area contributed by atoms with Gasteiger partial charge in [0, 0.05) is 26.2 Å². The summed E-state index contributed by atoms with van der Waals surface area (Å²) in [5, 5.41) is 8.56. The van der Waals surface area contributed by atoms with Crippen molar-refractivity contribution in [3.05, 3.63) is 0 Å². The number of nitrogens with zero attached hydrogens (tertiary/aromatic N) is 2. The van der Waals surface area contributed by atoms with Crippen LogP contribution >= 0.6 is 0 Å². The molecular weight excluding hydrogens is 317 g/mol. The number of hydrogen-bond donors (Lipinski definition) is 1. The normalized spacial score (nSPS) is 21.5. The summed E-state index contributed by atoms with van der Waals surface area (Å²) in [6.07, 6.45) is -3.39. The first kappa shape index (κ1) is 17.8. The second-order valence-electron chi connectivity index (χ2n) is 5.98. The molecular formula is C14H21F3N2O4. The highest BCUT2D eigenvalue weighted by atomic mass is 19.4. The molecule has 0 saturated carbocycles. The maximum Gasteiger partial charge on any atom is 0.391 e. The van der Waals surface area contributed by atoms with Gasteiger partial charge in [0.05, 0.1) is 12.0 Å². The zero-order chi connectivity index (χ0) is 17.0. The minimum absolute atomic E-state index is 0.0482. The molecule has 0 spiro atoms. The summed E-state index contributed by atoms with van der Waals surface area (Å²) in [4.78, 5) is 25.8. The Hall–Kier alpha value is -1.51. The number of hydrogen-bond acceptors (Lipinski definition) is 3. The Bertz CT molecular complexity index is 428. The van der Waals surface area contributed by atoms with Crippen LogP contribution in [-0.4, -0.2) is 72.0 Å². The average Bonchev–Trinajstić information content (AvgIpc) is 2.52. The second kappa shape index (κ2) is 7.37. The molecule has 2 amide bonds. The molecule has 0 aromatic carbocycles. The van der Waals surface area contributed by atoms with Gasteiger partial charge in [0.2, 0.25) is 0 Å². The number of piperidine rings is 2. The lowest BCUT2D eigenvalue weighted by atomic mass is 9.96. The molecule has 2 aliphatic rings.